The molecule has 4 heteroatoms. The highest BCUT2D eigenvalue weighted by atomic mass is 32.2. The van der Waals surface area contributed by atoms with Crippen molar-refractivity contribution in [2.75, 3.05) is 12.8 Å². The molecule has 3 nitrogen and oxygen atoms in total. The summed E-state index contributed by atoms with van der Waals surface area (Å²) in [5.41, 5.74) is 4.72. The maximum atomic E-state index is 12.6. The fourth-order valence-electron chi connectivity index (χ4n) is 3.67. The molecule has 1 N–H and O–H groups in total. The van der Waals surface area contributed by atoms with E-state index < -0.39 is 9.84 Å². The Morgan fingerprint density at radius 1 is 1.14 bits per heavy atom. The quantitative estimate of drug-likeness (QED) is 0.908. The first-order valence-corrected chi connectivity index (χ1v) is 9.53. The van der Waals surface area contributed by atoms with Gasteiger partial charge in [-0.05, 0) is 57.4 Å². The van der Waals surface area contributed by atoms with Crippen LogP contribution in [0.15, 0.2) is 12.1 Å². The van der Waals surface area contributed by atoms with Gasteiger partial charge in [-0.25, -0.2) is 8.42 Å². The van der Waals surface area contributed by atoms with Crippen molar-refractivity contribution in [1.29, 1.82) is 0 Å². The lowest BCUT2D eigenvalue weighted by molar-refractivity contribution is 0.558. The van der Waals surface area contributed by atoms with Gasteiger partial charge in [0, 0.05) is 6.04 Å². The average Bonchev–Trinajstić information content (AvgIpc) is 2.90. The molecule has 1 aromatic rings. The van der Waals surface area contributed by atoms with Crippen molar-refractivity contribution in [2.24, 2.45) is 0 Å². The lowest BCUT2D eigenvalue weighted by Crippen LogP contribution is -2.31. The van der Waals surface area contributed by atoms with Crippen molar-refractivity contribution in [3.8, 4) is 0 Å². The van der Waals surface area contributed by atoms with E-state index in [2.05, 4.69) is 38.2 Å². The molecule has 0 spiro atoms. The number of nitrogens with one attached hydrogen (secondary N) is 1. The van der Waals surface area contributed by atoms with Gasteiger partial charge in [0.05, 0.1) is 11.0 Å². The smallest absolute Gasteiger partial charge is 0.155 e. The van der Waals surface area contributed by atoms with Crippen LogP contribution >= 0.6 is 0 Å². The van der Waals surface area contributed by atoms with E-state index in [9.17, 15) is 8.42 Å². The summed E-state index contributed by atoms with van der Waals surface area (Å²) in [6.07, 6.45) is 3.78. The molecule has 1 atom stereocenters. The highest BCUT2D eigenvalue weighted by Crippen LogP contribution is 2.30. The number of benzene rings is 1. The third kappa shape index (κ3) is 3.67. The van der Waals surface area contributed by atoms with E-state index >= 15 is 0 Å². The molecule has 0 aromatic heterocycles. The minimum Gasteiger partial charge on any atom is -0.312 e. The maximum Gasteiger partial charge on any atom is 0.155 e. The van der Waals surface area contributed by atoms with Crippen molar-refractivity contribution in [1.82, 2.24) is 5.32 Å². The second-order valence-electron chi connectivity index (χ2n) is 6.39. The number of rotatable bonds is 5. The summed E-state index contributed by atoms with van der Waals surface area (Å²) >= 11 is 0. The van der Waals surface area contributed by atoms with Gasteiger partial charge in [-0.3, -0.25) is 0 Å². The van der Waals surface area contributed by atoms with E-state index in [1.807, 2.05) is 7.05 Å². The molecule has 21 heavy (non-hydrogen) atoms. The van der Waals surface area contributed by atoms with E-state index in [1.165, 1.54) is 16.7 Å². The topological polar surface area (TPSA) is 46.2 Å². The predicted molar refractivity (Wildman–Crippen MR) is 88.5 cm³/mol. The summed E-state index contributed by atoms with van der Waals surface area (Å²) < 4.78 is 25.2. The monoisotopic (exact) mass is 309 g/mol. The van der Waals surface area contributed by atoms with Gasteiger partial charge in [0.15, 0.2) is 9.84 Å². The lowest BCUT2D eigenvalue weighted by atomic mass is 9.95. The second-order valence-corrected chi connectivity index (χ2v) is 8.72. The van der Waals surface area contributed by atoms with Crippen LogP contribution < -0.4 is 5.32 Å². The van der Waals surface area contributed by atoms with Gasteiger partial charge in [-0.2, -0.15) is 0 Å². The van der Waals surface area contributed by atoms with Gasteiger partial charge in [0.2, 0.25) is 0 Å². The minimum absolute atomic E-state index is 0.115. The zero-order chi connectivity index (χ0) is 15.6. The van der Waals surface area contributed by atoms with E-state index in [0.717, 1.165) is 31.2 Å². The first kappa shape index (κ1) is 16.5. The second kappa shape index (κ2) is 6.49. The molecular weight excluding hydrogens is 282 g/mol. The summed E-state index contributed by atoms with van der Waals surface area (Å²) in [5, 5.41) is 3.09. The third-order valence-electron chi connectivity index (χ3n) is 4.64. The zero-order valence-electron chi connectivity index (χ0n) is 13.6. The largest absolute Gasteiger partial charge is 0.312 e. The summed E-state index contributed by atoms with van der Waals surface area (Å²) in [6.45, 7) is 6.22. The number of hydrogen-bond acceptors (Lipinski definition) is 3. The Labute approximate surface area is 129 Å². The summed E-state index contributed by atoms with van der Waals surface area (Å²) in [4.78, 5) is 0. The molecule has 1 unspecified atom stereocenters. The van der Waals surface area contributed by atoms with Crippen molar-refractivity contribution < 1.29 is 8.42 Å². The van der Waals surface area contributed by atoms with Crippen LogP contribution in [0.5, 0.6) is 0 Å². The Morgan fingerprint density at radius 2 is 1.67 bits per heavy atom. The lowest BCUT2D eigenvalue weighted by Gasteiger charge is -2.23. The molecule has 2 rings (SSSR count). The van der Waals surface area contributed by atoms with Crippen LogP contribution in [0.3, 0.4) is 0 Å². The van der Waals surface area contributed by atoms with E-state index in [1.54, 1.807) is 0 Å². The van der Waals surface area contributed by atoms with E-state index in [-0.39, 0.29) is 17.0 Å². The Kier molecular flexibility index (Phi) is 5.10. The summed E-state index contributed by atoms with van der Waals surface area (Å²) in [7, 11) is -1.17. The Hall–Kier alpha value is -0.870. The van der Waals surface area contributed by atoms with Gasteiger partial charge < -0.3 is 5.32 Å². The molecule has 1 saturated carbocycles. The molecule has 0 heterocycles. The van der Waals surface area contributed by atoms with Crippen LogP contribution in [0, 0.1) is 20.8 Å². The molecule has 1 aromatic carbocycles. The molecule has 0 amide bonds. The van der Waals surface area contributed by atoms with Gasteiger partial charge in [-0.1, -0.05) is 30.5 Å². The van der Waals surface area contributed by atoms with Crippen LogP contribution in [0.4, 0.5) is 0 Å². The van der Waals surface area contributed by atoms with Gasteiger partial charge in [0.25, 0.3) is 0 Å². The highest BCUT2D eigenvalue weighted by Gasteiger charge is 2.31. The molecule has 0 saturated heterocycles. The highest BCUT2D eigenvalue weighted by molar-refractivity contribution is 7.92. The van der Waals surface area contributed by atoms with Gasteiger partial charge in [0.1, 0.15) is 0 Å². The van der Waals surface area contributed by atoms with E-state index in [4.69, 9.17) is 0 Å². The van der Waals surface area contributed by atoms with Gasteiger partial charge in [-0.15, -0.1) is 0 Å². The first-order valence-electron chi connectivity index (χ1n) is 7.81. The minimum atomic E-state index is -3.03. The van der Waals surface area contributed by atoms with Crippen molar-refractivity contribution in [3.63, 3.8) is 0 Å². The number of aryl methyl sites for hydroxylation is 3. The zero-order valence-corrected chi connectivity index (χ0v) is 14.4. The molecule has 0 bridgehead atoms. The first-order chi connectivity index (χ1) is 9.85. The van der Waals surface area contributed by atoms with Crippen molar-refractivity contribution >= 4 is 9.84 Å². The maximum absolute atomic E-state index is 12.6. The number of sulfone groups is 1. The summed E-state index contributed by atoms with van der Waals surface area (Å²) in [5.74, 6) is 0.207. The Balaban J connectivity index is 2.28. The van der Waals surface area contributed by atoms with Crippen LogP contribution in [0.1, 0.15) is 54.0 Å². The molecule has 1 aliphatic rings. The van der Waals surface area contributed by atoms with Crippen LogP contribution in [0.2, 0.25) is 0 Å². The molecule has 1 fully saturated rings. The SMILES string of the molecule is CNC(CS(=O)(=O)C1CCCC1)c1c(C)cc(C)cc1C. The van der Waals surface area contributed by atoms with Crippen LogP contribution in [-0.2, 0) is 9.84 Å². The summed E-state index contributed by atoms with van der Waals surface area (Å²) in [6, 6.07) is 4.15. The van der Waals surface area contributed by atoms with E-state index in [0.29, 0.717) is 0 Å². The average molecular weight is 309 g/mol. The molecule has 0 aliphatic heterocycles. The van der Waals surface area contributed by atoms with Crippen molar-refractivity contribution in [3.05, 3.63) is 34.4 Å². The van der Waals surface area contributed by atoms with Crippen molar-refractivity contribution in [2.45, 2.75) is 57.7 Å². The number of hydrogen-bond donors (Lipinski definition) is 1. The fourth-order valence-corrected chi connectivity index (χ4v) is 5.79. The third-order valence-corrected chi connectivity index (χ3v) is 6.93. The molecule has 0 radical (unpaired) electrons. The molecule has 1 aliphatic carbocycles. The van der Waals surface area contributed by atoms with Crippen LogP contribution in [-0.4, -0.2) is 26.5 Å². The molecular formula is C17H27NO2S. The standard InChI is InChI=1S/C17H27NO2S/c1-12-9-13(2)17(14(3)10-12)16(18-4)11-21(19,20)15-7-5-6-8-15/h9-10,15-16,18H,5-8,11H2,1-4H3. The normalized spacial score (nSPS) is 18.1. The van der Waals surface area contributed by atoms with Gasteiger partial charge >= 0.3 is 0 Å². The van der Waals surface area contributed by atoms with Crippen LogP contribution in [0.25, 0.3) is 0 Å². The molecule has 118 valence electrons. The Morgan fingerprint density at radius 3 is 2.14 bits per heavy atom. The Bertz CT molecular complexity index is 578. The fraction of sp³-hybridized carbons (Fsp3) is 0.647. The predicted octanol–water partition coefficient (Wildman–Crippen LogP) is 3.23.